The molecule has 1 N–H and O–H groups in total. The Balaban J connectivity index is 1.46. The molecule has 2 aliphatic rings. The molecule has 1 saturated heterocycles. The second kappa shape index (κ2) is 7.42. The first-order chi connectivity index (χ1) is 12.5. The fourth-order valence-electron chi connectivity index (χ4n) is 3.05. The molecule has 0 saturated carbocycles. The van der Waals surface area contributed by atoms with Gasteiger partial charge in [-0.25, -0.2) is 9.59 Å². The number of piperazine rings is 1. The number of carbonyl (C=O) groups is 4. The lowest BCUT2D eigenvalue weighted by molar-refractivity contribution is 0.0654. The summed E-state index contributed by atoms with van der Waals surface area (Å²) in [5.41, 5.74) is 0.783. The van der Waals surface area contributed by atoms with E-state index in [4.69, 9.17) is 0 Å². The van der Waals surface area contributed by atoms with Gasteiger partial charge in [-0.2, -0.15) is 0 Å². The van der Waals surface area contributed by atoms with Crippen LogP contribution in [0.3, 0.4) is 0 Å². The van der Waals surface area contributed by atoms with Gasteiger partial charge in [0, 0.05) is 39.3 Å². The van der Waals surface area contributed by atoms with Crippen molar-refractivity contribution in [3.8, 4) is 0 Å². The molecule has 9 heteroatoms. The highest BCUT2D eigenvalue weighted by Crippen LogP contribution is 2.21. The van der Waals surface area contributed by atoms with Crippen LogP contribution in [0.25, 0.3) is 0 Å². The van der Waals surface area contributed by atoms with Crippen molar-refractivity contribution in [2.75, 3.05) is 46.4 Å². The molecule has 9 nitrogen and oxygen atoms in total. The van der Waals surface area contributed by atoms with Gasteiger partial charge >= 0.3 is 12.1 Å². The van der Waals surface area contributed by atoms with E-state index < -0.39 is 6.09 Å². The molecule has 0 aromatic heterocycles. The summed E-state index contributed by atoms with van der Waals surface area (Å²) < 4.78 is 4.65. The Morgan fingerprint density at radius 3 is 2.08 bits per heavy atom. The second-order valence-electron chi connectivity index (χ2n) is 5.98. The molecule has 2 heterocycles. The van der Waals surface area contributed by atoms with Gasteiger partial charge in [-0.05, 0) is 12.1 Å². The highest BCUT2D eigenvalue weighted by atomic mass is 16.5. The van der Waals surface area contributed by atoms with Crippen molar-refractivity contribution in [2.24, 2.45) is 0 Å². The molecule has 0 aliphatic carbocycles. The molecule has 0 spiro atoms. The summed E-state index contributed by atoms with van der Waals surface area (Å²) in [6.07, 6.45) is -0.407. The van der Waals surface area contributed by atoms with Gasteiger partial charge in [0.05, 0.1) is 18.2 Å². The fourth-order valence-corrected chi connectivity index (χ4v) is 3.05. The van der Waals surface area contributed by atoms with E-state index in [1.165, 1.54) is 12.0 Å². The van der Waals surface area contributed by atoms with Gasteiger partial charge in [-0.3, -0.25) is 14.5 Å². The number of carbonyl (C=O) groups excluding carboxylic acids is 4. The van der Waals surface area contributed by atoms with Gasteiger partial charge < -0.3 is 19.9 Å². The van der Waals surface area contributed by atoms with E-state index in [0.29, 0.717) is 37.3 Å². The normalized spacial score (nSPS) is 16.6. The molecule has 3 rings (SSSR count). The molecule has 0 unspecified atom stereocenters. The van der Waals surface area contributed by atoms with Crippen molar-refractivity contribution in [3.63, 3.8) is 0 Å². The van der Waals surface area contributed by atoms with Crippen LogP contribution in [-0.2, 0) is 4.74 Å². The summed E-state index contributed by atoms with van der Waals surface area (Å²) in [5.74, 6) is -0.682. The van der Waals surface area contributed by atoms with E-state index in [1.54, 1.807) is 29.2 Å². The summed E-state index contributed by atoms with van der Waals surface area (Å²) >= 11 is 0. The van der Waals surface area contributed by atoms with Crippen LogP contribution in [0.2, 0.25) is 0 Å². The van der Waals surface area contributed by atoms with Gasteiger partial charge in [0.15, 0.2) is 0 Å². The van der Waals surface area contributed by atoms with E-state index >= 15 is 0 Å². The average molecular weight is 360 g/mol. The van der Waals surface area contributed by atoms with Crippen LogP contribution >= 0.6 is 0 Å². The molecular weight excluding hydrogens is 340 g/mol. The molecule has 5 amide bonds. The molecule has 2 aliphatic heterocycles. The molecule has 0 radical (unpaired) electrons. The summed E-state index contributed by atoms with van der Waals surface area (Å²) in [4.78, 5) is 52.4. The monoisotopic (exact) mass is 360 g/mol. The molecule has 0 atom stereocenters. The summed E-state index contributed by atoms with van der Waals surface area (Å²) in [6.45, 7) is 1.88. The van der Waals surface area contributed by atoms with E-state index in [0.717, 1.165) is 4.90 Å². The number of nitrogens with one attached hydrogen (secondary N) is 1. The highest BCUT2D eigenvalue weighted by Gasteiger charge is 2.34. The minimum Gasteiger partial charge on any atom is -0.453 e. The van der Waals surface area contributed by atoms with Crippen LogP contribution in [0.5, 0.6) is 0 Å². The average Bonchev–Trinajstić information content (AvgIpc) is 2.92. The van der Waals surface area contributed by atoms with Crippen molar-refractivity contribution in [2.45, 2.75) is 0 Å². The maximum absolute atomic E-state index is 12.2. The van der Waals surface area contributed by atoms with Crippen LogP contribution in [0.15, 0.2) is 24.3 Å². The first-order valence-electron chi connectivity index (χ1n) is 8.34. The third kappa shape index (κ3) is 3.32. The van der Waals surface area contributed by atoms with Crippen molar-refractivity contribution in [1.82, 2.24) is 20.0 Å². The van der Waals surface area contributed by atoms with Gasteiger partial charge in [-0.15, -0.1) is 0 Å². The standard InChI is InChI=1S/C17H20N4O5/c1-26-17(25)20-10-8-19(9-11-20)16(24)18-6-7-21-14(22)12-4-2-3-5-13(12)15(21)23/h2-5H,6-11H2,1H3,(H,18,24). The lowest BCUT2D eigenvalue weighted by Gasteiger charge is -2.33. The molecule has 26 heavy (non-hydrogen) atoms. The van der Waals surface area contributed by atoms with E-state index in [1.807, 2.05) is 0 Å². The number of hydrogen-bond acceptors (Lipinski definition) is 5. The maximum atomic E-state index is 12.2. The van der Waals surface area contributed by atoms with Crippen molar-refractivity contribution in [3.05, 3.63) is 35.4 Å². The predicted octanol–water partition coefficient (Wildman–Crippen LogP) is 0.376. The predicted molar refractivity (Wildman–Crippen MR) is 90.8 cm³/mol. The third-order valence-corrected chi connectivity index (χ3v) is 4.49. The minimum absolute atomic E-state index is 0.111. The Kier molecular flexibility index (Phi) is 5.06. The Labute approximate surface area is 150 Å². The van der Waals surface area contributed by atoms with E-state index in [9.17, 15) is 19.2 Å². The number of rotatable bonds is 3. The van der Waals surface area contributed by atoms with Crippen molar-refractivity contribution < 1.29 is 23.9 Å². The molecular formula is C17H20N4O5. The quantitative estimate of drug-likeness (QED) is 0.786. The number of benzene rings is 1. The molecule has 0 bridgehead atoms. The minimum atomic E-state index is -0.407. The zero-order chi connectivity index (χ0) is 18.7. The Bertz CT molecular complexity index is 707. The van der Waals surface area contributed by atoms with Gasteiger partial charge in [0.1, 0.15) is 0 Å². The molecule has 1 fully saturated rings. The zero-order valence-corrected chi connectivity index (χ0v) is 14.4. The maximum Gasteiger partial charge on any atom is 0.409 e. The Hall–Kier alpha value is -3.10. The lowest BCUT2D eigenvalue weighted by atomic mass is 10.1. The first kappa shape index (κ1) is 17.7. The number of hydrogen-bond donors (Lipinski definition) is 1. The number of amides is 5. The Morgan fingerprint density at radius 2 is 1.54 bits per heavy atom. The Morgan fingerprint density at radius 1 is 1.00 bits per heavy atom. The second-order valence-corrected chi connectivity index (χ2v) is 5.98. The van der Waals surface area contributed by atoms with Crippen LogP contribution in [0.4, 0.5) is 9.59 Å². The van der Waals surface area contributed by atoms with Crippen LogP contribution < -0.4 is 5.32 Å². The first-order valence-corrected chi connectivity index (χ1v) is 8.34. The van der Waals surface area contributed by atoms with Crippen molar-refractivity contribution >= 4 is 23.9 Å². The summed E-state index contributed by atoms with van der Waals surface area (Å²) in [6, 6.07) is 6.38. The summed E-state index contributed by atoms with van der Waals surface area (Å²) in [7, 11) is 1.32. The van der Waals surface area contributed by atoms with Crippen LogP contribution in [0, 0.1) is 0 Å². The molecule has 1 aromatic carbocycles. The number of nitrogens with zero attached hydrogens (tertiary/aromatic N) is 3. The van der Waals surface area contributed by atoms with Gasteiger partial charge in [-0.1, -0.05) is 12.1 Å². The topological polar surface area (TPSA) is 99.3 Å². The van der Waals surface area contributed by atoms with E-state index in [2.05, 4.69) is 10.1 Å². The smallest absolute Gasteiger partial charge is 0.409 e. The largest absolute Gasteiger partial charge is 0.453 e. The molecule has 1 aromatic rings. The number of ether oxygens (including phenoxy) is 1. The SMILES string of the molecule is COC(=O)N1CCN(C(=O)NCCN2C(=O)c3ccccc3C2=O)CC1. The van der Waals surface area contributed by atoms with Gasteiger partial charge in [0.25, 0.3) is 11.8 Å². The van der Waals surface area contributed by atoms with Crippen molar-refractivity contribution in [1.29, 1.82) is 0 Å². The highest BCUT2D eigenvalue weighted by molar-refractivity contribution is 6.21. The number of fused-ring (bicyclic) bond motifs is 1. The van der Waals surface area contributed by atoms with E-state index in [-0.39, 0.29) is 30.9 Å². The zero-order valence-electron chi connectivity index (χ0n) is 14.4. The fraction of sp³-hybridized carbons (Fsp3) is 0.412. The number of imide groups is 1. The molecule has 138 valence electrons. The lowest BCUT2D eigenvalue weighted by Crippen LogP contribution is -2.53. The van der Waals surface area contributed by atoms with Crippen LogP contribution in [0.1, 0.15) is 20.7 Å². The number of urea groups is 1. The third-order valence-electron chi connectivity index (χ3n) is 4.49. The summed E-state index contributed by atoms with van der Waals surface area (Å²) in [5, 5.41) is 2.71. The number of methoxy groups -OCH3 is 1. The van der Waals surface area contributed by atoms with Gasteiger partial charge in [0.2, 0.25) is 0 Å². The van der Waals surface area contributed by atoms with Crippen LogP contribution in [-0.4, -0.2) is 85.0 Å².